The van der Waals surface area contributed by atoms with Crippen molar-refractivity contribution in [1.82, 2.24) is 0 Å². The molecule has 0 bridgehead atoms. The Labute approximate surface area is 262 Å². The molecule has 9 aromatic carbocycles. The van der Waals surface area contributed by atoms with Crippen molar-refractivity contribution in [2.24, 2.45) is 0 Å². The molecule has 0 aromatic heterocycles. The van der Waals surface area contributed by atoms with Crippen LogP contribution in [0.3, 0.4) is 0 Å². The number of anilines is 3. The highest BCUT2D eigenvalue weighted by molar-refractivity contribution is 6.21. The maximum Gasteiger partial charge on any atom is 0.0546 e. The number of nitrogens with zero attached hydrogens (tertiary/aromatic N) is 1. The van der Waals surface area contributed by atoms with Gasteiger partial charge in [-0.2, -0.15) is 0 Å². The van der Waals surface area contributed by atoms with Gasteiger partial charge < -0.3 is 4.90 Å². The van der Waals surface area contributed by atoms with Crippen LogP contribution in [0.4, 0.5) is 17.1 Å². The molecule has 0 radical (unpaired) electrons. The smallest absolute Gasteiger partial charge is 0.0546 e. The van der Waals surface area contributed by atoms with E-state index in [4.69, 9.17) is 0 Å². The van der Waals surface area contributed by atoms with Gasteiger partial charge in [-0.3, -0.25) is 0 Å². The van der Waals surface area contributed by atoms with Crippen LogP contribution in [-0.4, -0.2) is 0 Å². The van der Waals surface area contributed by atoms with Gasteiger partial charge in [0.2, 0.25) is 0 Å². The van der Waals surface area contributed by atoms with Crippen molar-refractivity contribution in [1.29, 1.82) is 0 Å². The predicted molar refractivity (Wildman–Crippen MR) is 194 cm³/mol. The third-order valence-corrected chi connectivity index (χ3v) is 9.18. The van der Waals surface area contributed by atoms with Gasteiger partial charge in [0.15, 0.2) is 0 Å². The van der Waals surface area contributed by atoms with Gasteiger partial charge in [-0.1, -0.05) is 140 Å². The Morgan fingerprint density at radius 2 is 0.844 bits per heavy atom. The number of rotatable bonds is 4. The second-order valence-corrected chi connectivity index (χ2v) is 11.8. The average Bonchev–Trinajstić information content (AvgIpc) is 3.11. The molecule has 0 aliphatic rings. The summed E-state index contributed by atoms with van der Waals surface area (Å²) >= 11 is 0. The molecule has 210 valence electrons. The lowest BCUT2D eigenvalue weighted by Gasteiger charge is -2.28. The number of hydrogen-bond acceptors (Lipinski definition) is 1. The second-order valence-electron chi connectivity index (χ2n) is 11.8. The summed E-state index contributed by atoms with van der Waals surface area (Å²) in [6.07, 6.45) is 0. The Bertz CT molecular complexity index is 2540. The lowest BCUT2D eigenvalue weighted by molar-refractivity contribution is 1.30. The van der Waals surface area contributed by atoms with E-state index in [2.05, 4.69) is 181 Å². The molecule has 0 aliphatic carbocycles. The zero-order chi connectivity index (χ0) is 29.7. The molecule has 0 N–H and O–H groups in total. The lowest BCUT2D eigenvalue weighted by Crippen LogP contribution is -2.10. The first-order chi connectivity index (χ1) is 22.3. The van der Waals surface area contributed by atoms with Crippen LogP contribution in [0.15, 0.2) is 176 Å². The van der Waals surface area contributed by atoms with Crippen LogP contribution in [0.1, 0.15) is 0 Å². The van der Waals surface area contributed by atoms with Crippen molar-refractivity contribution >= 4 is 70.9 Å². The van der Waals surface area contributed by atoms with Crippen LogP contribution in [-0.2, 0) is 0 Å². The molecule has 0 unspecified atom stereocenters. The first kappa shape index (κ1) is 25.6. The van der Waals surface area contributed by atoms with Gasteiger partial charge in [-0.05, 0) is 96.0 Å². The van der Waals surface area contributed by atoms with Gasteiger partial charge in [0, 0.05) is 16.8 Å². The molecular weight excluding hydrogens is 542 g/mol. The maximum atomic E-state index is 2.42. The monoisotopic (exact) mass is 571 g/mol. The Morgan fingerprint density at radius 3 is 1.64 bits per heavy atom. The molecule has 0 heterocycles. The summed E-state index contributed by atoms with van der Waals surface area (Å²) in [4.78, 5) is 2.42. The first-order valence-corrected chi connectivity index (χ1v) is 15.5. The van der Waals surface area contributed by atoms with E-state index in [1.165, 1.54) is 70.7 Å². The molecule has 0 atom stereocenters. The predicted octanol–water partition coefficient (Wildman–Crippen LogP) is 12.6. The fraction of sp³-hybridized carbons (Fsp3) is 0. The largest absolute Gasteiger partial charge is 0.310 e. The Kier molecular flexibility index (Phi) is 5.89. The summed E-state index contributed by atoms with van der Waals surface area (Å²) in [6, 6.07) is 64.2. The van der Waals surface area contributed by atoms with Crippen molar-refractivity contribution < 1.29 is 0 Å². The van der Waals surface area contributed by atoms with E-state index in [-0.39, 0.29) is 0 Å². The summed E-state index contributed by atoms with van der Waals surface area (Å²) in [7, 11) is 0. The van der Waals surface area contributed by atoms with Gasteiger partial charge in [0.1, 0.15) is 0 Å². The van der Waals surface area contributed by atoms with E-state index in [9.17, 15) is 0 Å². The highest BCUT2D eigenvalue weighted by atomic mass is 15.1. The molecule has 9 aromatic rings. The molecule has 0 saturated carbocycles. The van der Waals surface area contributed by atoms with Gasteiger partial charge >= 0.3 is 0 Å². The van der Waals surface area contributed by atoms with Crippen LogP contribution in [0.5, 0.6) is 0 Å². The zero-order valence-corrected chi connectivity index (χ0v) is 24.7. The van der Waals surface area contributed by atoms with Gasteiger partial charge in [-0.25, -0.2) is 0 Å². The van der Waals surface area contributed by atoms with Gasteiger partial charge in [-0.15, -0.1) is 0 Å². The van der Waals surface area contributed by atoms with E-state index < -0.39 is 0 Å². The third-order valence-electron chi connectivity index (χ3n) is 9.18. The fourth-order valence-electron chi connectivity index (χ4n) is 6.96. The quantitative estimate of drug-likeness (QED) is 0.190. The summed E-state index contributed by atoms with van der Waals surface area (Å²) < 4.78 is 0. The zero-order valence-electron chi connectivity index (χ0n) is 24.7. The van der Waals surface area contributed by atoms with E-state index in [0.717, 1.165) is 11.4 Å². The summed E-state index contributed by atoms with van der Waals surface area (Å²) in [5.74, 6) is 0. The molecule has 0 spiro atoms. The molecule has 1 nitrogen and oxygen atoms in total. The Hall–Kier alpha value is -5.92. The summed E-state index contributed by atoms with van der Waals surface area (Å²) in [5.41, 5.74) is 5.86. The van der Waals surface area contributed by atoms with Crippen LogP contribution in [0.25, 0.3) is 65.0 Å². The SMILES string of the molecule is c1ccc2cc(-c3ccc(N(c4ccc5ccccc5c4)c4cccc5ccc6c7ccccc7ccc6c45)cc3)ccc2c1. The molecule has 0 saturated heterocycles. The molecule has 45 heavy (non-hydrogen) atoms. The van der Waals surface area contributed by atoms with E-state index >= 15 is 0 Å². The maximum absolute atomic E-state index is 2.42. The minimum Gasteiger partial charge on any atom is -0.310 e. The van der Waals surface area contributed by atoms with Crippen LogP contribution < -0.4 is 4.90 Å². The Balaban J connectivity index is 1.27. The van der Waals surface area contributed by atoms with E-state index in [0.29, 0.717) is 0 Å². The summed E-state index contributed by atoms with van der Waals surface area (Å²) in [6.45, 7) is 0. The highest BCUT2D eigenvalue weighted by Gasteiger charge is 2.18. The van der Waals surface area contributed by atoms with E-state index in [1.807, 2.05) is 0 Å². The third kappa shape index (κ3) is 4.32. The molecule has 0 aliphatic heterocycles. The number of benzene rings is 9. The van der Waals surface area contributed by atoms with Crippen molar-refractivity contribution in [2.75, 3.05) is 4.90 Å². The van der Waals surface area contributed by atoms with Crippen molar-refractivity contribution in [2.45, 2.75) is 0 Å². The van der Waals surface area contributed by atoms with Crippen LogP contribution >= 0.6 is 0 Å². The second kappa shape index (κ2) is 10.4. The molecule has 9 rings (SSSR count). The molecule has 0 fully saturated rings. The minimum atomic E-state index is 1.13. The summed E-state index contributed by atoms with van der Waals surface area (Å²) in [5, 5.41) is 12.6. The topological polar surface area (TPSA) is 3.24 Å². The highest BCUT2D eigenvalue weighted by Crippen LogP contribution is 2.43. The van der Waals surface area contributed by atoms with Crippen LogP contribution in [0, 0.1) is 0 Å². The number of fused-ring (bicyclic) bond motifs is 7. The first-order valence-electron chi connectivity index (χ1n) is 15.5. The standard InChI is InChI=1S/C44H29N/c1-3-11-35-28-37(17-16-30(35)8-1)32-18-23-38(24-19-32)45(39-25-20-31-9-2-4-12-36(31)29-39)43-15-7-13-34-22-26-41-40-14-6-5-10-33(40)21-27-42(41)44(34)43/h1-29H. The van der Waals surface area contributed by atoms with E-state index in [1.54, 1.807) is 0 Å². The molecule has 0 amide bonds. The van der Waals surface area contributed by atoms with Crippen molar-refractivity contribution in [3.63, 3.8) is 0 Å². The minimum absolute atomic E-state index is 1.13. The normalized spacial score (nSPS) is 11.6. The molecular formula is C44H29N. The van der Waals surface area contributed by atoms with Crippen molar-refractivity contribution in [3.05, 3.63) is 176 Å². The van der Waals surface area contributed by atoms with Crippen LogP contribution in [0.2, 0.25) is 0 Å². The number of hydrogen-bond donors (Lipinski definition) is 0. The van der Waals surface area contributed by atoms with Crippen molar-refractivity contribution in [3.8, 4) is 11.1 Å². The lowest BCUT2D eigenvalue weighted by atomic mass is 9.95. The van der Waals surface area contributed by atoms with Gasteiger partial charge in [0.05, 0.1) is 5.69 Å². The fourth-order valence-corrected chi connectivity index (χ4v) is 6.96. The van der Waals surface area contributed by atoms with Gasteiger partial charge in [0.25, 0.3) is 0 Å². The Morgan fingerprint density at radius 1 is 0.289 bits per heavy atom. The average molecular weight is 572 g/mol. The molecule has 1 heteroatoms.